The van der Waals surface area contributed by atoms with E-state index >= 15 is 0 Å². The van der Waals surface area contributed by atoms with Crippen molar-refractivity contribution in [2.45, 2.75) is 16.7 Å². The fourth-order valence-corrected chi connectivity index (χ4v) is 4.60. The fraction of sp³-hybridized carbons (Fsp3) is 0.455. The minimum absolute atomic E-state index is 0.172. The standard InChI is InChI=1S/C11H15BrN2O2S/c1-17(15,16)10-9(11(10,14)6-13)7-2-4-8(12)5-3-7/h2-5,9-10H,6,13-14H2,1H3/t9-,10-,11-/m1/s1. The van der Waals surface area contributed by atoms with Crippen molar-refractivity contribution >= 4 is 25.8 Å². The second-order valence-electron chi connectivity index (χ2n) is 4.60. The van der Waals surface area contributed by atoms with Crippen LogP contribution in [0.2, 0.25) is 0 Å². The van der Waals surface area contributed by atoms with Crippen LogP contribution in [0.5, 0.6) is 0 Å². The van der Waals surface area contributed by atoms with Gasteiger partial charge in [-0.1, -0.05) is 28.1 Å². The molecule has 0 spiro atoms. The maximum atomic E-state index is 11.7. The zero-order valence-corrected chi connectivity index (χ0v) is 11.8. The molecular formula is C11H15BrN2O2S. The van der Waals surface area contributed by atoms with Crippen molar-refractivity contribution in [1.29, 1.82) is 0 Å². The van der Waals surface area contributed by atoms with Crippen molar-refractivity contribution in [2.75, 3.05) is 12.8 Å². The third-order valence-electron chi connectivity index (χ3n) is 3.35. The highest BCUT2D eigenvalue weighted by Crippen LogP contribution is 2.53. The van der Waals surface area contributed by atoms with Gasteiger partial charge in [-0.2, -0.15) is 0 Å². The number of hydrogen-bond donors (Lipinski definition) is 2. The Morgan fingerprint density at radius 2 is 1.88 bits per heavy atom. The summed E-state index contributed by atoms with van der Waals surface area (Å²) in [7, 11) is -3.17. The fourth-order valence-electron chi connectivity index (χ4n) is 2.47. The summed E-state index contributed by atoms with van der Waals surface area (Å²) in [6, 6.07) is 7.53. The molecule has 0 amide bonds. The smallest absolute Gasteiger partial charge is 0.152 e. The molecular weight excluding hydrogens is 304 g/mol. The predicted molar refractivity (Wildman–Crippen MR) is 71.5 cm³/mol. The van der Waals surface area contributed by atoms with Crippen LogP contribution < -0.4 is 11.5 Å². The molecule has 1 saturated carbocycles. The largest absolute Gasteiger partial charge is 0.329 e. The first kappa shape index (κ1) is 13.0. The lowest BCUT2D eigenvalue weighted by Crippen LogP contribution is -2.38. The van der Waals surface area contributed by atoms with Gasteiger partial charge in [-0.25, -0.2) is 8.42 Å². The normalized spacial score (nSPS) is 32.5. The molecule has 1 aliphatic carbocycles. The molecule has 0 aliphatic heterocycles. The van der Waals surface area contributed by atoms with Crippen LogP contribution in [0.3, 0.4) is 0 Å². The van der Waals surface area contributed by atoms with E-state index < -0.39 is 20.6 Å². The van der Waals surface area contributed by atoms with E-state index in [9.17, 15) is 8.42 Å². The Balaban J connectivity index is 2.37. The minimum Gasteiger partial charge on any atom is -0.329 e. The van der Waals surface area contributed by atoms with Gasteiger partial charge in [-0.15, -0.1) is 0 Å². The minimum atomic E-state index is -3.17. The molecule has 0 heterocycles. The van der Waals surface area contributed by atoms with Crippen LogP contribution in [0.15, 0.2) is 28.7 Å². The van der Waals surface area contributed by atoms with Crippen molar-refractivity contribution in [3.05, 3.63) is 34.3 Å². The van der Waals surface area contributed by atoms with E-state index in [1.807, 2.05) is 24.3 Å². The third kappa shape index (κ3) is 2.14. The molecule has 0 bridgehead atoms. The quantitative estimate of drug-likeness (QED) is 0.855. The molecule has 1 aromatic carbocycles. The Kier molecular flexibility index (Phi) is 3.10. The average molecular weight is 319 g/mol. The topological polar surface area (TPSA) is 86.2 Å². The van der Waals surface area contributed by atoms with Crippen LogP contribution in [0.1, 0.15) is 11.5 Å². The van der Waals surface area contributed by atoms with Crippen LogP contribution in [0, 0.1) is 0 Å². The summed E-state index contributed by atoms with van der Waals surface area (Å²) in [5, 5.41) is -0.568. The Labute approximate surface area is 109 Å². The molecule has 2 rings (SSSR count). The summed E-state index contributed by atoms with van der Waals surface area (Å²) < 4.78 is 24.3. The first-order valence-corrected chi connectivity index (χ1v) is 7.99. The molecule has 3 atom stereocenters. The molecule has 4 N–H and O–H groups in total. The van der Waals surface area contributed by atoms with Crippen molar-refractivity contribution in [3.8, 4) is 0 Å². The molecule has 1 aliphatic rings. The second kappa shape index (κ2) is 4.05. The van der Waals surface area contributed by atoms with Gasteiger partial charge in [0.05, 0.1) is 10.8 Å². The second-order valence-corrected chi connectivity index (χ2v) is 7.68. The SMILES string of the molecule is CS(=O)(=O)[C@@H]1[C@@H](c2ccc(Br)cc2)[C@]1(N)CN. The third-order valence-corrected chi connectivity index (χ3v) is 5.51. The van der Waals surface area contributed by atoms with E-state index in [1.165, 1.54) is 6.26 Å². The van der Waals surface area contributed by atoms with Crippen LogP contribution in [0.4, 0.5) is 0 Å². The van der Waals surface area contributed by atoms with E-state index in [1.54, 1.807) is 0 Å². The number of sulfone groups is 1. The molecule has 0 saturated heterocycles. The molecule has 1 aromatic rings. The highest BCUT2D eigenvalue weighted by atomic mass is 79.9. The molecule has 17 heavy (non-hydrogen) atoms. The van der Waals surface area contributed by atoms with Gasteiger partial charge >= 0.3 is 0 Å². The Bertz CT molecular complexity index is 529. The van der Waals surface area contributed by atoms with Gasteiger partial charge in [0.15, 0.2) is 9.84 Å². The summed E-state index contributed by atoms with van der Waals surface area (Å²) in [4.78, 5) is 0. The lowest BCUT2D eigenvalue weighted by atomic mass is 10.1. The number of halogens is 1. The first-order valence-electron chi connectivity index (χ1n) is 5.24. The Morgan fingerprint density at radius 3 is 2.24 bits per heavy atom. The highest BCUT2D eigenvalue weighted by molar-refractivity contribution is 9.10. The number of benzene rings is 1. The van der Waals surface area contributed by atoms with Crippen molar-refractivity contribution in [1.82, 2.24) is 0 Å². The zero-order chi connectivity index (χ0) is 12.8. The molecule has 0 unspecified atom stereocenters. The van der Waals surface area contributed by atoms with Crippen LogP contribution in [-0.4, -0.2) is 32.0 Å². The predicted octanol–water partition coefficient (Wildman–Crippen LogP) is 0.616. The monoisotopic (exact) mass is 318 g/mol. The maximum absolute atomic E-state index is 11.7. The summed E-state index contributed by atoms with van der Waals surface area (Å²) in [6.07, 6.45) is 1.22. The summed E-state index contributed by atoms with van der Waals surface area (Å²) in [5.41, 5.74) is 11.8. The van der Waals surface area contributed by atoms with Gasteiger partial charge in [0.2, 0.25) is 0 Å². The van der Waals surface area contributed by atoms with Gasteiger partial charge < -0.3 is 11.5 Å². The van der Waals surface area contributed by atoms with Crippen molar-refractivity contribution in [2.24, 2.45) is 11.5 Å². The Hall–Kier alpha value is -0.430. The van der Waals surface area contributed by atoms with E-state index in [4.69, 9.17) is 11.5 Å². The van der Waals surface area contributed by atoms with Crippen LogP contribution in [-0.2, 0) is 9.84 Å². The molecule has 0 radical (unpaired) electrons. The van der Waals surface area contributed by atoms with Gasteiger partial charge in [-0.05, 0) is 17.7 Å². The van der Waals surface area contributed by atoms with Gasteiger partial charge in [-0.3, -0.25) is 0 Å². The molecule has 1 fully saturated rings. The number of nitrogens with two attached hydrogens (primary N) is 2. The first-order chi connectivity index (χ1) is 7.80. The molecule has 0 aromatic heterocycles. The van der Waals surface area contributed by atoms with Crippen molar-refractivity contribution in [3.63, 3.8) is 0 Å². The summed E-state index contributed by atoms with van der Waals surface area (Å²) in [6.45, 7) is 0.172. The van der Waals surface area contributed by atoms with E-state index in [0.717, 1.165) is 10.0 Å². The molecule has 94 valence electrons. The lowest BCUT2D eigenvalue weighted by Gasteiger charge is -2.07. The number of rotatable bonds is 3. The van der Waals surface area contributed by atoms with E-state index in [2.05, 4.69) is 15.9 Å². The van der Waals surface area contributed by atoms with Crippen LogP contribution >= 0.6 is 15.9 Å². The summed E-state index contributed by atoms with van der Waals surface area (Å²) >= 11 is 3.34. The van der Waals surface area contributed by atoms with Gasteiger partial charge in [0.1, 0.15) is 0 Å². The van der Waals surface area contributed by atoms with Crippen molar-refractivity contribution < 1.29 is 8.42 Å². The average Bonchev–Trinajstić information content (AvgIpc) is 2.87. The molecule has 4 nitrogen and oxygen atoms in total. The maximum Gasteiger partial charge on any atom is 0.152 e. The summed E-state index contributed by atoms with van der Waals surface area (Å²) in [5.74, 6) is -0.199. The Morgan fingerprint density at radius 1 is 1.35 bits per heavy atom. The van der Waals surface area contributed by atoms with E-state index in [0.29, 0.717) is 0 Å². The molecule has 6 heteroatoms. The lowest BCUT2D eigenvalue weighted by molar-refractivity contribution is 0.591. The van der Waals surface area contributed by atoms with Gasteiger partial charge in [0.25, 0.3) is 0 Å². The van der Waals surface area contributed by atoms with Gasteiger partial charge in [0, 0.05) is 23.2 Å². The zero-order valence-electron chi connectivity index (χ0n) is 9.43. The van der Waals surface area contributed by atoms with E-state index in [-0.39, 0.29) is 12.5 Å². The number of hydrogen-bond acceptors (Lipinski definition) is 4. The van der Waals surface area contributed by atoms with Crippen LogP contribution in [0.25, 0.3) is 0 Å². The highest BCUT2D eigenvalue weighted by Gasteiger charge is 2.67.